The molecular formula is C65H104O31. The number of hydrogen-bond donors (Lipinski definition) is 17. The first-order chi connectivity index (χ1) is 44.9. The highest BCUT2D eigenvalue weighted by atomic mass is 16.8. The van der Waals surface area contributed by atoms with Crippen LogP contribution in [0, 0.1) is 50.2 Å². The van der Waals surface area contributed by atoms with E-state index < -0.39 is 232 Å². The van der Waals surface area contributed by atoms with Crippen LogP contribution in [0.1, 0.15) is 127 Å². The summed E-state index contributed by atoms with van der Waals surface area (Å²) >= 11 is 0. The largest absolute Gasteiger partial charge is 0.479 e. The maximum Gasteiger partial charge on any atom is 0.335 e. The highest BCUT2D eigenvalue weighted by Gasteiger charge is 2.71. The first kappa shape index (κ1) is 74.8. The summed E-state index contributed by atoms with van der Waals surface area (Å²) in [5.41, 5.74) is -1.80. The summed E-state index contributed by atoms with van der Waals surface area (Å²) < 4.78 is 71.9. The molecule has 6 heterocycles. The van der Waals surface area contributed by atoms with E-state index in [0.717, 1.165) is 18.4 Å². The number of aliphatic hydroxyl groups is 16. The van der Waals surface area contributed by atoms with Crippen molar-refractivity contribution in [3.05, 3.63) is 11.6 Å². The molecule has 550 valence electrons. The molecule has 0 spiro atoms. The number of ether oxygens (including phenoxy) is 12. The summed E-state index contributed by atoms with van der Waals surface area (Å²) in [7, 11) is 0. The Hall–Kier alpha value is -2.40. The van der Waals surface area contributed by atoms with Crippen LogP contribution >= 0.6 is 0 Å². The normalized spacial score (nSPS) is 54.1. The first-order valence-corrected chi connectivity index (χ1v) is 34.0. The Balaban J connectivity index is 0.791. The lowest BCUT2D eigenvalue weighted by Gasteiger charge is -2.71. The average molecular weight is 1380 g/mol. The van der Waals surface area contributed by atoms with Gasteiger partial charge in [0.15, 0.2) is 37.6 Å². The van der Waals surface area contributed by atoms with E-state index >= 15 is 4.79 Å². The fourth-order valence-electron chi connectivity index (χ4n) is 19.0. The summed E-state index contributed by atoms with van der Waals surface area (Å²) in [6.07, 6.45) is -41.5. The number of allylic oxidation sites excluding steroid dienone is 2. The molecule has 0 bridgehead atoms. The van der Waals surface area contributed by atoms with Crippen molar-refractivity contribution in [1.82, 2.24) is 0 Å². The summed E-state index contributed by atoms with van der Waals surface area (Å²) in [5.74, 6) is -2.49. The van der Waals surface area contributed by atoms with Crippen LogP contribution in [-0.2, 0) is 66.4 Å². The van der Waals surface area contributed by atoms with E-state index in [-0.39, 0.29) is 34.0 Å². The van der Waals surface area contributed by atoms with Crippen molar-refractivity contribution in [3.8, 4) is 0 Å². The molecule has 0 unspecified atom stereocenters. The van der Waals surface area contributed by atoms with E-state index in [2.05, 4.69) is 54.5 Å². The van der Waals surface area contributed by atoms with E-state index in [9.17, 15) is 91.6 Å². The third kappa shape index (κ3) is 12.8. The highest BCUT2D eigenvalue weighted by Crippen LogP contribution is 2.76. The van der Waals surface area contributed by atoms with Gasteiger partial charge in [-0.25, -0.2) is 4.79 Å². The second-order valence-electron chi connectivity index (χ2n) is 31.5. The zero-order valence-corrected chi connectivity index (χ0v) is 55.6. The lowest BCUT2D eigenvalue weighted by Crippen LogP contribution is -2.67. The average Bonchev–Trinajstić information content (AvgIpc) is 0.676. The van der Waals surface area contributed by atoms with Gasteiger partial charge in [-0.3, -0.25) is 4.79 Å². The molecule has 0 amide bonds. The molecular weight excluding hydrogens is 1280 g/mol. The minimum absolute atomic E-state index is 0.0245. The van der Waals surface area contributed by atoms with Gasteiger partial charge in [0.25, 0.3) is 0 Å². The second kappa shape index (κ2) is 27.7. The number of carbonyl (C=O) groups excluding carboxylic acids is 1. The predicted molar refractivity (Wildman–Crippen MR) is 320 cm³/mol. The molecule has 11 aliphatic rings. The number of carboxylic acid groups (broad SMARTS) is 1. The zero-order valence-electron chi connectivity index (χ0n) is 55.6. The molecule has 0 aromatic carbocycles. The number of carboxylic acids is 1. The fraction of sp³-hybridized carbons (Fsp3) is 0.938. The molecule has 17 N–H and O–H groups in total. The lowest BCUT2D eigenvalue weighted by molar-refractivity contribution is -0.386. The van der Waals surface area contributed by atoms with Crippen molar-refractivity contribution in [2.24, 2.45) is 50.2 Å². The molecule has 0 radical (unpaired) electrons. The van der Waals surface area contributed by atoms with Crippen LogP contribution in [0.15, 0.2) is 11.6 Å². The fourth-order valence-corrected chi connectivity index (χ4v) is 19.0. The van der Waals surface area contributed by atoms with Crippen LogP contribution in [0.4, 0.5) is 0 Å². The standard InChI is InChI=1S/C65H104O31/c1-24-34(68)37(71)43(77)54(87-24)93-49-29(21-66)89-53(47(81)42(49)76)86-23-30-36(70)39(73)45(79)56(90-30)96-59(84)65-18-16-60(3,4)20-27(65)26-10-11-32-62(7)14-13-33(61(5,6)31(62)12-15-64(32,9)63(26,8)17-19-65)91-58-51(95-55-44(78)38(72)35(69)25(2)88-55)48(28(67)22-85-58)92-57-46(80)40(74)41(75)50(94-57)52(82)83/h10,24-25,27-51,53-58,66-81H,11-23H2,1-9H3,(H,82,83)/t24-,25-,27-,28-,29+,30+,31-,32+,33-,34-,35-,36+,37+,38+,39-,40-,41-,42+,43+,44+,45+,46+,47+,48-,49+,50-,51+,53+,54-,55-,56-,57+,58-,62-,63+,64+,65-/m0/s1. The van der Waals surface area contributed by atoms with Gasteiger partial charge in [0.05, 0.1) is 43.5 Å². The minimum atomic E-state index is -2.06. The Labute approximate surface area is 556 Å². The second-order valence-corrected chi connectivity index (χ2v) is 31.5. The van der Waals surface area contributed by atoms with E-state index in [4.69, 9.17) is 56.8 Å². The van der Waals surface area contributed by atoms with Gasteiger partial charge in [0.2, 0.25) is 6.29 Å². The maximum atomic E-state index is 15.3. The lowest BCUT2D eigenvalue weighted by atomic mass is 9.33. The van der Waals surface area contributed by atoms with Crippen molar-refractivity contribution < 1.29 is 153 Å². The monoisotopic (exact) mass is 1380 g/mol. The summed E-state index contributed by atoms with van der Waals surface area (Å²) in [6, 6.07) is 0. The van der Waals surface area contributed by atoms with Gasteiger partial charge < -0.3 is 144 Å². The number of carbonyl (C=O) groups is 2. The highest BCUT2D eigenvalue weighted by molar-refractivity contribution is 5.79. The Morgan fingerprint density at radius 1 is 0.521 bits per heavy atom. The third-order valence-corrected chi connectivity index (χ3v) is 25.1. The molecule has 11 rings (SSSR count). The molecule has 96 heavy (non-hydrogen) atoms. The molecule has 0 aromatic rings. The number of aliphatic hydroxyl groups excluding tert-OH is 16. The topological polar surface area (TPSA) is 489 Å². The minimum Gasteiger partial charge on any atom is -0.479 e. The summed E-state index contributed by atoms with van der Waals surface area (Å²) in [4.78, 5) is 27.5. The smallest absolute Gasteiger partial charge is 0.335 e. The van der Waals surface area contributed by atoms with Gasteiger partial charge in [0.1, 0.15) is 122 Å². The Morgan fingerprint density at radius 3 is 1.68 bits per heavy atom. The van der Waals surface area contributed by atoms with Crippen LogP contribution in [0.5, 0.6) is 0 Å². The molecule has 6 saturated heterocycles. The van der Waals surface area contributed by atoms with Gasteiger partial charge in [-0.15, -0.1) is 0 Å². The van der Waals surface area contributed by atoms with Gasteiger partial charge in [-0.2, -0.15) is 0 Å². The van der Waals surface area contributed by atoms with Crippen LogP contribution < -0.4 is 0 Å². The molecule has 4 saturated carbocycles. The Morgan fingerprint density at radius 2 is 1.06 bits per heavy atom. The number of hydrogen-bond acceptors (Lipinski definition) is 30. The van der Waals surface area contributed by atoms with Crippen LogP contribution in [0.2, 0.25) is 0 Å². The summed E-state index contributed by atoms with van der Waals surface area (Å²) in [6.45, 7) is 16.6. The number of aliphatic carboxylic acids is 1. The van der Waals surface area contributed by atoms with Gasteiger partial charge in [0, 0.05) is 0 Å². The van der Waals surface area contributed by atoms with E-state index in [1.165, 1.54) is 13.8 Å². The molecule has 37 atom stereocenters. The van der Waals surface area contributed by atoms with Crippen molar-refractivity contribution in [2.75, 3.05) is 19.8 Å². The van der Waals surface area contributed by atoms with Gasteiger partial charge >= 0.3 is 11.9 Å². The Bertz CT molecular complexity index is 2760. The number of rotatable bonds is 15. The molecule has 10 fully saturated rings. The van der Waals surface area contributed by atoms with Crippen molar-refractivity contribution in [1.29, 1.82) is 0 Å². The maximum absolute atomic E-state index is 15.3. The molecule has 0 aromatic heterocycles. The quantitative estimate of drug-likeness (QED) is 0.0428. The molecule has 5 aliphatic carbocycles. The Kier molecular flexibility index (Phi) is 21.5. The van der Waals surface area contributed by atoms with Crippen LogP contribution in [-0.4, -0.2) is 303 Å². The van der Waals surface area contributed by atoms with Crippen molar-refractivity contribution >= 4 is 11.9 Å². The SMILES string of the molecule is C[C@@H]1O[C@@H](O[C@H]2[C@H](O[C@H]3CC[C@]4(C)[C@H]5CC=C6[C@@H]7CC(C)(C)CC[C@]7(C(=O)O[C@@H]7O[C@H](CO[C@@H]8O[C@H](CO)[C@@H](O[C@@H]9O[C@@H](C)[C@H](O)[C@@H](O)[C@H]9O)[C@H](O)[C@H]8O)[C@@H](O)[C@H](O)[C@H]7O)CC[C@@]6(C)[C@]5(C)CC[C@H]4C3(C)C)OC[C@H](O)[C@@H]2O[C@@H]2O[C@H](C(=O)O)[C@@H](O)[C@H](O)[C@H]2O)[C@H](O)[C@H](O)[C@H]1O. The molecule has 31 nitrogen and oxygen atoms in total. The van der Waals surface area contributed by atoms with E-state index in [1.54, 1.807) is 0 Å². The van der Waals surface area contributed by atoms with E-state index in [1.807, 2.05) is 0 Å². The summed E-state index contributed by atoms with van der Waals surface area (Å²) in [5, 5.41) is 184. The number of esters is 1. The molecule has 31 heteroatoms. The van der Waals surface area contributed by atoms with Crippen LogP contribution in [0.25, 0.3) is 0 Å². The van der Waals surface area contributed by atoms with E-state index in [0.29, 0.717) is 51.4 Å². The predicted octanol–water partition coefficient (Wildman–Crippen LogP) is -3.60. The van der Waals surface area contributed by atoms with Gasteiger partial charge in [-0.1, -0.05) is 60.1 Å². The van der Waals surface area contributed by atoms with Crippen molar-refractivity contribution in [3.63, 3.8) is 0 Å². The first-order valence-electron chi connectivity index (χ1n) is 34.0. The zero-order chi connectivity index (χ0) is 70.2. The molecule has 6 aliphatic heterocycles. The van der Waals surface area contributed by atoms with Crippen LogP contribution in [0.3, 0.4) is 0 Å². The number of fused-ring (bicyclic) bond motifs is 7. The third-order valence-electron chi connectivity index (χ3n) is 25.1. The van der Waals surface area contributed by atoms with Crippen molar-refractivity contribution in [2.45, 2.75) is 311 Å². The van der Waals surface area contributed by atoms with Gasteiger partial charge in [-0.05, 0) is 123 Å².